The van der Waals surface area contributed by atoms with Crippen LogP contribution in [0, 0.1) is 11.3 Å². The maximum atomic E-state index is 12.2. The summed E-state index contributed by atoms with van der Waals surface area (Å²) >= 11 is 1.52. The number of nitrogens with one attached hydrogen (secondary N) is 1. The molecular formula is C26H43FN4O2S. The molecule has 34 heavy (non-hydrogen) atoms. The fourth-order valence-corrected chi connectivity index (χ4v) is 5.02. The van der Waals surface area contributed by atoms with E-state index in [1.54, 1.807) is 0 Å². The Morgan fingerprint density at radius 1 is 1.18 bits per heavy atom. The van der Waals surface area contributed by atoms with Crippen LogP contribution in [-0.4, -0.2) is 52.6 Å². The van der Waals surface area contributed by atoms with Crippen LogP contribution in [0.2, 0.25) is 0 Å². The molecule has 2 aliphatic rings. The Balaban J connectivity index is 0.000000210. The lowest BCUT2D eigenvalue weighted by atomic mass is 9.89. The van der Waals surface area contributed by atoms with Crippen molar-refractivity contribution < 1.29 is 14.3 Å². The van der Waals surface area contributed by atoms with Crippen LogP contribution in [0.4, 0.5) is 4.53 Å². The van der Waals surface area contributed by atoms with Crippen LogP contribution in [0.3, 0.4) is 0 Å². The van der Waals surface area contributed by atoms with Crippen molar-refractivity contribution in [3.8, 4) is 0 Å². The van der Waals surface area contributed by atoms with Crippen molar-refractivity contribution in [3.05, 3.63) is 30.5 Å². The molecular weight excluding hydrogens is 451 g/mol. The van der Waals surface area contributed by atoms with Gasteiger partial charge in [0.2, 0.25) is 5.91 Å². The Kier molecular flexibility index (Phi) is 12.4. The number of halogens is 1. The van der Waals surface area contributed by atoms with E-state index in [0.29, 0.717) is 6.54 Å². The summed E-state index contributed by atoms with van der Waals surface area (Å²) in [5.74, 6) is 0.122. The van der Waals surface area contributed by atoms with Gasteiger partial charge in [0.25, 0.3) is 0 Å². The van der Waals surface area contributed by atoms with Crippen LogP contribution < -0.4 is 4.72 Å². The van der Waals surface area contributed by atoms with Gasteiger partial charge >= 0.3 is 0 Å². The number of carbonyl (C=O) groups excluding carboxylic acids is 1. The molecule has 1 aromatic carbocycles. The summed E-state index contributed by atoms with van der Waals surface area (Å²) in [5, 5.41) is 5.31. The monoisotopic (exact) mass is 494 g/mol. The minimum absolute atomic E-state index is 0.00231. The first-order chi connectivity index (χ1) is 16.3. The Morgan fingerprint density at radius 2 is 1.79 bits per heavy atom. The first-order valence-corrected chi connectivity index (χ1v) is 13.7. The highest BCUT2D eigenvalue weighted by Crippen LogP contribution is 2.25. The van der Waals surface area contributed by atoms with Crippen LogP contribution in [0.1, 0.15) is 65.7 Å². The molecule has 2 unspecified atom stereocenters. The van der Waals surface area contributed by atoms with Gasteiger partial charge in [0, 0.05) is 42.9 Å². The van der Waals surface area contributed by atoms with Gasteiger partial charge in [-0.25, -0.2) is 0 Å². The average molecular weight is 495 g/mol. The van der Waals surface area contributed by atoms with Gasteiger partial charge in [-0.05, 0) is 23.3 Å². The Bertz CT molecular complexity index is 839. The number of para-hydroxylation sites is 1. The van der Waals surface area contributed by atoms with Crippen molar-refractivity contribution in [3.63, 3.8) is 0 Å². The van der Waals surface area contributed by atoms with Gasteiger partial charge in [0.15, 0.2) is 0 Å². The average Bonchev–Trinajstić information content (AvgIpc) is 3.22. The van der Waals surface area contributed by atoms with Gasteiger partial charge in [-0.3, -0.25) is 14.2 Å². The SMILES string of the molecule is C1CCCCC1.CSNC1CCN(C(=O)C(C)(C)C)CC1COF.Cn1ncc2ccccc21. The van der Waals surface area contributed by atoms with Crippen LogP contribution in [0.25, 0.3) is 10.9 Å². The Labute approximate surface area is 209 Å². The van der Waals surface area contributed by atoms with Gasteiger partial charge in [-0.1, -0.05) is 89.4 Å². The van der Waals surface area contributed by atoms with Gasteiger partial charge in [0.1, 0.15) is 0 Å². The van der Waals surface area contributed by atoms with Crippen molar-refractivity contribution in [2.24, 2.45) is 18.4 Å². The maximum absolute atomic E-state index is 12.2. The Morgan fingerprint density at radius 3 is 2.32 bits per heavy atom. The smallest absolute Gasteiger partial charge is 0.227 e. The summed E-state index contributed by atoms with van der Waals surface area (Å²) in [7, 11) is 1.95. The summed E-state index contributed by atoms with van der Waals surface area (Å²) in [4.78, 5) is 17.8. The number of piperidine rings is 1. The molecule has 0 bridgehead atoms. The lowest BCUT2D eigenvalue weighted by molar-refractivity contribution is -0.159. The largest absolute Gasteiger partial charge is 0.342 e. The predicted octanol–water partition coefficient (Wildman–Crippen LogP) is 5.93. The summed E-state index contributed by atoms with van der Waals surface area (Å²) < 4.78 is 17.2. The molecule has 4 rings (SSSR count). The second-order valence-corrected chi connectivity index (χ2v) is 10.8. The van der Waals surface area contributed by atoms with Gasteiger partial charge in [-0.15, -0.1) is 0 Å². The third-order valence-corrected chi connectivity index (χ3v) is 6.90. The van der Waals surface area contributed by atoms with Crippen LogP contribution in [0.5, 0.6) is 0 Å². The minimum atomic E-state index is -0.388. The van der Waals surface area contributed by atoms with E-state index in [4.69, 9.17) is 0 Å². The number of hydrogen-bond acceptors (Lipinski definition) is 5. The molecule has 1 aliphatic carbocycles. The fourth-order valence-electron chi connectivity index (χ4n) is 4.41. The normalized spacial score (nSPS) is 20.7. The second-order valence-electron chi connectivity index (χ2n) is 10.2. The number of aromatic nitrogens is 2. The summed E-state index contributed by atoms with van der Waals surface area (Å²) in [6.07, 6.45) is 13.6. The second kappa shape index (κ2) is 14.7. The zero-order valence-corrected chi connectivity index (χ0v) is 22.4. The van der Waals surface area contributed by atoms with E-state index in [1.165, 1.54) is 61.4 Å². The van der Waals surface area contributed by atoms with E-state index in [0.717, 1.165) is 13.0 Å². The number of hydrogen-bond donors (Lipinski definition) is 1. The lowest BCUT2D eigenvalue weighted by Crippen LogP contribution is -2.53. The van der Waals surface area contributed by atoms with Crippen molar-refractivity contribution in [1.82, 2.24) is 19.4 Å². The van der Waals surface area contributed by atoms with Crippen molar-refractivity contribution >= 4 is 28.8 Å². The summed E-state index contributed by atoms with van der Waals surface area (Å²) in [5.41, 5.74) is 0.795. The molecule has 1 aromatic heterocycles. The van der Waals surface area contributed by atoms with Crippen molar-refractivity contribution in [2.75, 3.05) is 26.0 Å². The number of carbonyl (C=O) groups is 1. The number of rotatable bonds is 4. The molecule has 2 fully saturated rings. The molecule has 8 heteroatoms. The minimum Gasteiger partial charge on any atom is -0.342 e. The number of benzene rings is 1. The van der Waals surface area contributed by atoms with E-state index in [2.05, 4.69) is 26.9 Å². The number of fused-ring (bicyclic) bond motifs is 1. The topological polar surface area (TPSA) is 59.4 Å². The highest BCUT2D eigenvalue weighted by Gasteiger charge is 2.35. The van der Waals surface area contributed by atoms with Crippen LogP contribution >= 0.6 is 11.9 Å². The highest BCUT2D eigenvalue weighted by atomic mass is 32.2. The highest BCUT2D eigenvalue weighted by molar-refractivity contribution is 7.96. The van der Waals surface area contributed by atoms with Crippen molar-refractivity contribution in [1.29, 1.82) is 0 Å². The number of aryl methyl sites for hydroxylation is 1. The van der Waals surface area contributed by atoms with Gasteiger partial charge in [0.05, 0.1) is 18.3 Å². The van der Waals surface area contributed by atoms with Crippen LogP contribution in [0.15, 0.2) is 30.5 Å². The summed E-state index contributed by atoms with van der Waals surface area (Å²) in [6.45, 7) is 7.02. The van der Waals surface area contributed by atoms with E-state index in [9.17, 15) is 9.32 Å². The zero-order valence-electron chi connectivity index (χ0n) is 21.6. The summed E-state index contributed by atoms with van der Waals surface area (Å²) in [6, 6.07) is 8.35. The van der Waals surface area contributed by atoms with E-state index in [1.807, 2.05) is 62.0 Å². The molecule has 1 N–H and O–H groups in total. The zero-order chi connectivity index (χ0) is 25.0. The Hall–Kier alpha value is -1.64. The molecule has 0 radical (unpaired) electrons. The van der Waals surface area contributed by atoms with Gasteiger partial charge < -0.3 is 4.90 Å². The molecule has 2 heterocycles. The van der Waals surface area contributed by atoms with E-state index in [-0.39, 0.29) is 29.9 Å². The number of likely N-dealkylation sites (tertiary alicyclic amines) is 1. The molecule has 1 saturated heterocycles. The third-order valence-electron chi connectivity index (χ3n) is 6.36. The standard InChI is InChI=1S/C12H23FN2O2S.C8H8N2.C6H12/c1-12(2,3)11(16)15-6-5-10(14-18-4)9(7-15)8-17-13;1-10-8-5-3-2-4-7(8)6-9-10;1-2-4-6-5-3-1/h9-10,14H,5-8H2,1-4H3;2-6H,1H3;1-6H2. The van der Waals surface area contributed by atoms with E-state index >= 15 is 0 Å². The molecule has 1 aliphatic heterocycles. The number of nitrogens with zero attached hydrogens (tertiary/aromatic N) is 3. The molecule has 2 atom stereocenters. The maximum Gasteiger partial charge on any atom is 0.227 e. The van der Waals surface area contributed by atoms with Gasteiger partial charge in [-0.2, -0.15) is 10.0 Å². The predicted molar refractivity (Wildman–Crippen MR) is 140 cm³/mol. The molecule has 1 saturated carbocycles. The first kappa shape index (κ1) is 28.6. The molecule has 2 aromatic rings. The molecule has 6 nitrogen and oxygen atoms in total. The quantitative estimate of drug-likeness (QED) is 0.534. The first-order valence-electron chi connectivity index (χ1n) is 12.5. The molecule has 1 amide bonds. The van der Waals surface area contributed by atoms with E-state index < -0.39 is 0 Å². The molecule has 0 spiro atoms. The van der Waals surface area contributed by atoms with Crippen LogP contribution in [-0.2, 0) is 16.8 Å². The van der Waals surface area contributed by atoms with Crippen molar-refractivity contribution in [2.45, 2.75) is 71.8 Å². The number of amides is 1. The molecule has 192 valence electrons. The fraction of sp³-hybridized carbons (Fsp3) is 0.692. The lowest BCUT2D eigenvalue weighted by Gasteiger charge is -2.40. The third kappa shape index (κ3) is 9.19.